The van der Waals surface area contributed by atoms with E-state index in [9.17, 15) is 9.59 Å². The van der Waals surface area contributed by atoms with Crippen LogP contribution in [0.5, 0.6) is 5.75 Å². The molecule has 27 heavy (non-hydrogen) atoms. The maximum Gasteiger partial charge on any atom is 0.226 e. The van der Waals surface area contributed by atoms with Crippen LogP contribution >= 0.6 is 11.6 Å². The molecule has 1 unspecified atom stereocenters. The molecule has 0 aromatic heterocycles. The fraction of sp³-hybridized carbons (Fsp3) is 0.300. The SMILES string of the molecule is COCCOc1c(Cl)cccc1NC(=O)CC(NC(C)=O)c1ccccc1. The van der Waals surface area contributed by atoms with Gasteiger partial charge in [0.05, 0.1) is 29.8 Å². The topological polar surface area (TPSA) is 76.7 Å². The molecule has 0 bridgehead atoms. The van der Waals surface area contributed by atoms with Crippen molar-refractivity contribution in [3.05, 3.63) is 59.1 Å². The number of amides is 2. The zero-order valence-electron chi connectivity index (χ0n) is 15.3. The highest BCUT2D eigenvalue weighted by Gasteiger charge is 2.18. The van der Waals surface area contributed by atoms with Crippen molar-refractivity contribution in [3.8, 4) is 5.75 Å². The number of carbonyl (C=O) groups excluding carboxylic acids is 2. The van der Waals surface area contributed by atoms with E-state index in [1.54, 1.807) is 25.3 Å². The number of halogens is 1. The molecule has 0 spiro atoms. The maximum absolute atomic E-state index is 12.6. The average Bonchev–Trinajstić information content (AvgIpc) is 2.64. The third-order valence-electron chi connectivity index (χ3n) is 3.74. The molecule has 2 aromatic rings. The minimum absolute atomic E-state index is 0.0770. The highest BCUT2D eigenvalue weighted by molar-refractivity contribution is 6.32. The summed E-state index contributed by atoms with van der Waals surface area (Å²) < 4.78 is 10.6. The monoisotopic (exact) mass is 390 g/mol. The van der Waals surface area contributed by atoms with Crippen LogP contribution in [0.4, 0.5) is 5.69 Å². The summed E-state index contributed by atoms with van der Waals surface area (Å²) in [5.74, 6) is -0.0835. The second kappa shape index (κ2) is 10.5. The van der Waals surface area contributed by atoms with Gasteiger partial charge >= 0.3 is 0 Å². The van der Waals surface area contributed by atoms with Gasteiger partial charge in [0.25, 0.3) is 0 Å². The van der Waals surface area contributed by atoms with E-state index in [-0.39, 0.29) is 18.2 Å². The van der Waals surface area contributed by atoms with Gasteiger partial charge in [0.2, 0.25) is 11.8 Å². The van der Waals surface area contributed by atoms with Crippen LogP contribution in [0.3, 0.4) is 0 Å². The van der Waals surface area contributed by atoms with Gasteiger partial charge in [-0.15, -0.1) is 0 Å². The molecule has 7 heteroatoms. The summed E-state index contributed by atoms with van der Waals surface area (Å²) in [4.78, 5) is 24.1. The van der Waals surface area contributed by atoms with E-state index in [2.05, 4.69) is 10.6 Å². The molecular formula is C20H23ClN2O4. The van der Waals surface area contributed by atoms with E-state index in [1.807, 2.05) is 30.3 Å². The van der Waals surface area contributed by atoms with Gasteiger partial charge in [-0.25, -0.2) is 0 Å². The van der Waals surface area contributed by atoms with Gasteiger partial charge in [0.1, 0.15) is 6.61 Å². The zero-order chi connectivity index (χ0) is 19.6. The Kier molecular flexibility index (Phi) is 8.10. The van der Waals surface area contributed by atoms with Crippen molar-refractivity contribution in [1.82, 2.24) is 5.32 Å². The van der Waals surface area contributed by atoms with E-state index in [4.69, 9.17) is 21.1 Å². The number of anilines is 1. The molecule has 2 amide bonds. The number of methoxy groups -OCH3 is 1. The number of ether oxygens (including phenoxy) is 2. The van der Waals surface area contributed by atoms with Crippen LogP contribution in [-0.2, 0) is 14.3 Å². The van der Waals surface area contributed by atoms with Gasteiger partial charge in [0, 0.05) is 14.0 Å². The van der Waals surface area contributed by atoms with E-state index >= 15 is 0 Å². The van der Waals surface area contributed by atoms with E-state index < -0.39 is 6.04 Å². The minimum Gasteiger partial charge on any atom is -0.487 e. The van der Waals surface area contributed by atoms with Crippen LogP contribution in [0.2, 0.25) is 5.02 Å². The van der Waals surface area contributed by atoms with Crippen molar-refractivity contribution >= 4 is 29.1 Å². The van der Waals surface area contributed by atoms with Gasteiger partial charge in [-0.2, -0.15) is 0 Å². The lowest BCUT2D eigenvalue weighted by molar-refractivity contribution is -0.120. The number of nitrogens with one attached hydrogen (secondary N) is 2. The van der Waals surface area contributed by atoms with Gasteiger partial charge in [0.15, 0.2) is 5.75 Å². The molecule has 0 heterocycles. The lowest BCUT2D eigenvalue weighted by Gasteiger charge is -2.19. The first kappa shape index (κ1) is 20.7. The van der Waals surface area contributed by atoms with Crippen LogP contribution in [0, 0.1) is 0 Å². The Morgan fingerprint density at radius 1 is 1.07 bits per heavy atom. The predicted octanol–water partition coefficient (Wildman–Crippen LogP) is 3.57. The number of carbonyl (C=O) groups is 2. The summed E-state index contributed by atoms with van der Waals surface area (Å²) in [5, 5.41) is 6.01. The minimum atomic E-state index is -0.430. The fourth-order valence-corrected chi connectivity index (χ4v) is 2.78. The zero-order valence-corrected chi connectivity index (χ0v) is 16.1. The van der Waals surface area contributed by atoms with Crippen molar-refractivity contribution in [2.24, 2.45) is 0 Å². The summed E-state index contributed by atoms with van der Waals surface area (Å²) >= 11 is 6.19. The normalized spacial score (nSPS) is 11.5. The molecule has 0 saturated carbocycles. The van der Waals surface area contributed by atoms with Crippen LogP contribution in [0.1, 0.15) is 24.9 Å². The maximum atomic E-state index is 12.6. The molecule has 0 fully saturated rings. The van der Waals surface area contributed by atoms with Crippen LogP contribution in [0.15, 0.2) is 48.5 Å². The fourth-order valence-electron chi connectivity index (χ4n) is 2.55. The number of rotatable bonds is 9. The van der Waals surface area contributed by atoms with Gasteiger partial charge in [-0.3, -0.25) is 9.59 Å². The molecule has 2 N–H and O–H groups in total. The Hall–Kier alpha value is -2.57. The van der Waals surface area contributed by atoms with E-state index in [1.165, 1.54) is 6.92 Å². The van der Waals surface area contributed by atoms with Crippen molar-refractivity contribution in [3.63, 3.8) is 0 Å². The lowest BCUT2D eigenvalue weighted by Crippen LogP contribution is -2.29. The molecule has 0 aliphatic rings. The third kappa shape index (κ3) is 6.58. The van der Waals surface area contributed by atoms with Crippen LogP contribution in [-0.4, -0.2) is 32.1 Å². The van der Waals surface area contributed by atoms with Crippen molar-refractivity contribution in [2.45, 2.75) is 19.4 Å². The Labute approximate surface area is 163 Å². The largest absolute Gasteiger partial charge is 0.487 e. The highest BCUT2D eigenvalue weighted by atomic mass is 35.5. The molecule has 6 nitrogen and oxygen atoms in total. The Morgan fingerprint density at radius 3 is 2.48 bits per heavy atom. The van der Waals surface area contributed by atoms with E-state index in [0.29, 0.717) is 29.7 Å². The number of hydrogen-bond acceptors (Lipinski definition) is 4. The first-order valence-electron chi connectivity index (χ1n) is 8.53. The molecule has 0 aliphatic heterocycles. The second-order valence-electron chi connectivity index (χ2n) is 5.87. The molecule has 2 rings (SSSR count). The number of para-hydroxylation sites is 1. The summed E-state index contributed by atoms with van der Waals surface area (Å²) in [6.45, 7) is 2.13. The molecule has 144 valence electrons. The average molecular weight is 391 g/mol. The Balaban J connectivity index is 2.11. The standard InChI is InChI=1S/C20H23ClN2O4/c1-14(24)22-18(15-7-4-3-5-8-15)13-19(25)23-17-10-6-9-16(21)20(17)27-12-11-26-2/h3-10,18H,11-13H2,1-2H3,(H,22,24)(H,23,25). The summed E-state index contributed by atoms with van der Waals surface area (Å²) in [6.07, 6.45) is 0.0770. The lowest BCUT2D eigenvalue weighted by atomic mass is 10.0. The quantitative estimate of drug-likeness (QED) is 0.642. The van der Waals surface area contributed by atoms with Crippen LogP contribution < -0.4 is 15.4 Å². The third-order valence-corrected chi connectivity index (χ3v) is 4.04. The second-order valence-corrected chi connectivity index (χ2v) is 6.28. The molecule has 1 atom stereocenters. The number of hydrogen-bond donors (Lipinski definition) is 2. The van der Waals surface area contributed by atoms with Crippen molar-refractivity contribution in [2.75, 3.05) is 25.6 Å². The summed E-state index contributed by atoms with van der Waals surface area (Å²) in [5.41, 5.74) is 1.32. The van der Waals surface area contributed by atoms with Crippen molar-refractivity contribution in [1.29, 1.82) is 0 Å². The number of benzene rings is 2. The predicted molar refractivity (Wildman–Crippen MR) is 105 cm³/mol. The molecule has 0 aliphatic carbocycles. The first-order chi connectivity index (χ1) is 13.0. The van der Waals surface area contributed by atoms with Gasteiger partial charge in [-0.1, -0.05) is 48.0 Å². The first-order valence-corrected chi connectivity index (χ1v) is 8.91. The molecular weight excluding hydrogens is 368 g/mol. The van der Waals surface area contributed by atoms with Crippen LogP contribution in [0.25, 0.3) is 0 Å². The van der Waals surface area contributed by atoms with Gasteiger partial charge < -0.3 is 20.1 Å². The van der Waals surface area contributed by atoms with E-state index in [0.717, 1.165) is 5.56 Å². The highest BCUT2D eigenvalue weighted by Crippen LogP contribution is 2.33. The molecule has 0 saturated heterocycles. The molecule has 2 aromatic carbocycles. The summed E-state index contributed by atoms with van der Waals surface area (Å²) in [7, 11) is 1.57. The van der Waals surface area contributed by atoms with Crippen molar-refractivity contribution < 1.29 is 19.1 Å². The Bertz CT molecular complexity index is 768. The van der Waals surface area contributed by atoms with Gasteiger partial charge in [-0.05, 0) is 17.7 Å². The molecule has 0 radical (unpaired) electrons. The smallest absolute Gasteiger partial charge is 0.226 e. The summed E-state index contributed by atoms with van der Waals surface area (Å²) in [6, 6.07) is 14.0. The Morgan fingerprint density at radius 2 is 1.81 bits per heavy atom.